The zero-order chi connectivity index (χ0) is 18.2. The van der Waals surface area contributed by atoms with Gasteiger partial charge in [-0.3, -0.25) is 14.4 Å². The minimum Gasteiger partial charge on any atom is -0.508 e. The Bertz CT molecular complexity index is 693. The van der Waals surface area contributed by atoms with Crippen LogP contribution in [0, 0.1) is 5.41 Å². The Hall–Kier alpha value is -2.57. The number of hydrogen-bond donors (Lipinski definition) is 3. The molecule has 130 valence electrons. The predicted octanol–water partition coefficient (Wildman–Crippen LogP) is 1.65. The van der Waals surface area contributed by atoms with Gasteiger partial charge in [0.1, 0.15) is 11.8 Å². The van der Waals surface area contributed by atoms with Crippen LogP contribution in [-0.2, 0) is 9.59 Å². The Balaban J connectivity index is 2.55. The van der Waals surface area contributed by atoms with Gasteiger partial charge in [0.15, 0.2) is 0 Å². The second-order valence-electron chi connectivity index (χ2n) is 7.07. The van der Waals surface area contributed by atoms with Crippen LogP contribution in [-0.4, -0.2) is 38.9 Å². The number of carboxylic acid groups (broad SMARTS) is 1. The van der Waals surface area contributed by atoms with Crippen LogP contribution in [0.25, 0.3) is 0 Å². The fraction of sp³-hybridized carbons (Fsp3) is 0.471. The third-order valence-electron chi connectivity index (χ3n) is 4.22. The quantitative estimate of drug-likeness (QED) is 0.756. The molecule has 0 saturated heterocycles. The summed E-state index contributed by atoms with van der Waals surface area (Å²) < 4.78 is 0. The summed E-state index contributed by atoms with van der Waals surface area (Å²) in [5.41, 5.74) is 5.74. The molecule has 0 fully saturated rings. The number of amides is 2. The van der Waals surface area contributed by atoms with E-state index < -0.39 is 35.3 Å². The van der Waals surface area contributed by atoms with E-state index in [9.17, 15) is 19.5 Å². The molecule has 0 aliphatic carbocycles. The number of rotatable bonds is 5. The number of hydrogen-bond acceptors (Lipinski definition) is 4. The molecule has 0 saturated carbocycles. The summed E-state index contributed by atoms with van der Waals surface area (Å²) in [5.74, 6) is -2.27. The molecule has 7 heteroatoms. The number of carboxylic acids is 1. The molecule has 0 bridgehead atoms. The highest BCUT2D eigenvalue weighted by atomic mass is 16.4. The third kappa shape index (κ3) is 3.06. The zero-order valence-corrected chi connectivity index (χ0v) is 13.9. The van der Waals surface area contributed by atoms with Gasteiger partial charge >= 0.3 is 5.97 Å². The number of phenols is 1. The van der Waals surface area contributed by atoms with Gasteiger partial charge in [-0.1, -0.05) is 26.8 Å². The van der Waals surface area contributed by atoms with Crippen molar-refractivity contribution in [3.63, 3.8) is 0 Å². The van der Waals surface area contributed by atoms with Crippen molar-refractivity contribution in [1.29, 1.82) is 0 Å². The van der Waals surface area contributed by atoms with E-state index in [0.717, 1.165) is 0 Å². The number of carbonyl (C=O) groups is 3. The molecule has 1 aromatic carbocycles. The summed E-state index contributed by atoms with van der Waals surface area (Å²) in [7, 11) is 0. The van der Waals surface area contributed by atoms with Gasteiger partial charge in [-0.05, 0) is 24.0 Å². The third-order valence-corrected chi connectivity index (χ3v) is 4.22. The van der Waals surface area contributed by atoms with Crippen molar-refractivity contribution in [2.24, 2.45) is 11.1 Å². The van der Waals surface area contributed by atoms with Crippen LogP contribution in [0.5, 0.6) is 5.75 Å². The SMILES string of the molecule is CC(C)(C)C1c2c(O)cccc2C(=O)N1[C@@H](CCC(=O)O)C(N)=O. The topological polar surface area (TPSA) is 121 Å². The molecular weight excluding hydrogens is 312 g/mol. The Morgan fingerprint density at radius 3 is 2.46 bits per heavy atom. The average molecular weight is 334 g/mol. The van der Waals surface area contributed by atoms with Gasteiger partial charge in [0.2, 0.25) is 5.91 Å². The lowest BCUT2D eigenvalue weighted by molar-refractivity contribution is -0.137. The van der Waals surface area contributed by atoms with Crippen molar-refractivity contribution in [2.45, 2.75) is 45.7 Å². The molecule has 0 radical (unpaired) electrons. The fourth-order valence-corrected chi connectivity index (χ4v) is 3.27. The van der Waals surface area contributed by atoms with Gasteiger partial charge in [0.25, 0.3) is 5.91 Å². The second kappa shape index (κ2) is 6.14. The number of benzene rings is 1. The Morgan fingerprint density at radius 1 is 1.33 bits per heavy atom. The molecule has 2 atom stereocenters. The van der Waals surface area contributed by atoms with Gasteiger partial charge in [0.05, 0.1) is 6.04 Å². The molecule has 1 aliphatic rings. The Labute approximate surface area is 140 Å². The minimum absolute atomic E-state index is 0.0234. The van der Waals surface area contributed by atoms with Crippen LogP contribution >= 0.6 is 0 Å². The smallest absolute Gasteiger partial charge is 0.303 e. The highest BCUT2D eigenvalue weighted by molar-refractivity contribution is 6.02. The first-order chi connectivity index (χ1) is 11.1. The second-order valence-corrected chi connectivity index (χ2v) is 7.07. The molecule has 1 heterocycles. The molecule has 2 rings (SSSR count). The molecule has 1 unspecified atom stereocenters. The lowest BCUT2D eigenvalue weighted by atomic mass is 9.81. The van der Waals surface area contributed by atoms with Crippen LogP contribution in [0.2, 0.25) is 0 Å². The first-order valence-corrected chi connectivity index (χ1v) is 7.71. The van der Waals surface area contributed by atoms with Crippen molar-refractivity contribution in [1.82, 2.24) is 4.90 Å². The Kier molecular flexibility index (Phi) is 4.55. The highest BCUT2D eigenvalue weighted by Gasteiger charge is 2.48. The van der Waals surface area contributed by atoms with Crippen LogP contribution in [0.3, 0.4) is 0 Å². The zero-order valence-electron chi connectivity index (χ0n) is 13.9. The summed E-state index contributed by atoms with van der Waals surface area (Å²) in [5, 5.41) is 19.2. The summed E-state index contributed by atoms with van der Waals surface area (Å²) in [6.45, 7) is 5.65. The number of carbonyl (C=O) groups excluding carboxylic acids is 2. The van der Waals surface area contributed by atoms with E-state index in [1.165, 1.54) is 11.0 Å². The molecule has 2 amide bonds. The van der Waals surface area contributed by atoms with Crippen LogP contribution in [0.15, 0.2) is 18.2 Å². The number of fused-ring (bicyclic) bond motifs is 1. The lowest BCUT2D eigenvalue weighted by Gasteiger charge is -2.39. The fourth-order valence-electron chi connectivity index (χ4n) is 3.27. The number of primary amides is 1. The molecule has 4 N–H and O–H groups in total. The summed E-state index contributed by atoms with van der Waals surface area (Å²) in [6, 6.07) is 3.01. The molecule has 1 aromatic rings. The monoisotopic (exact) mass is 334 g/mol. The van der Waals surface area contributed by atoms with Crippen molar-refractivity contribution in [2.75, 3.05) is 0 Å². The predicted molar refractivity (Wildman–Crippen MR) is 86.3 cm³/mol. The van der Waals surface area contributed by atoms with Gasteiger partial charge in [-0.15, -0.1) is 0 Å². The van der Waals surface area contributed by atoms with Gasteiger partial charge < -0.3 is 20.8 Å². The first kappa shape index (κ1) is 17.8. The first-order valence-electron chi connectivity index (χ1n) is 7.71. The van der Waals surface area contributed by atoms with Gasteiger partial charge in [-0.25, -0.2) is 0 Å². The number of aliphatic carboxylic acids is 1. The van der Waals surface area contributed by atoms with E-state index in [4.69, 9.17) is 10.8 Å². The molecule has 0 spiro atoms. The van der Waals surface area contributed by atoms with Gasteiger partial charge in [0, 0.05) is 17.5 Å². The minimum atomic E-state index is -1.07. The van der Waals surface area contributed by atoms with E-state index in [1.54, 1.807) is 12.1 Å². The normalized spacial score (nSPS) is 18.4. The number of aromatic hydroxyl groups is 1. The standard InChI is InChI=1S/C17H22N2O5/c1-17(2,3)14-13-9(5-4-6-11(13)20)16(24)19(14)10(15(18)23)7-8-12(21)22/h4-6,10,14,20H,7-8H2,1-3H3,(H2,18,23)(H,21,22)/t10-,14?/m0/s1. The van der Waals surface area contributed by atoms with E-state index >= 15 is 0 Å². The average Bonchev–Trinajstić information content (AvgIpc) is 2.74. The number of nitrogens with zero attached hydrogens (tertiary/aromatic N) is 1. The maximum atomic E-state index is 12.9. The van der Waals surface area contributed by atoms with Crippen molar-refractivity contribution < 1.29 is 24.6 Å². The number of nitrogens with two attached hydrogens (primary N) is 1. The van der Waals surface area contributed by atoms with Crippen molar-refractivity contribution in [3.8, 4) is 5.75 Å². The van der Waals surface area contributed by atoms with E-state index in [1.807, 2.05) is 20.8 Å². The van der Waals surface area contributed by atoms with Crippen molar-refractivity contribution in [3.05, 3.63) is 29.3 Å². The molecular formula is C17H22N2O5. The highest BCUT2D eigenvalue weighted by Crippen LogP contribution is 2.49. The van der Waals surface area contributed by atoms with Crippen LogP contribution < -0.4 is 5.73 Å². The van der Waals surface area contributed by atoms with E-state index in [-0.39, 0.29) is 18.6 Å². The maximum Gasteiger partial charge on any atom is 0.303 e. The molecule has 24 heavy (non-hydrogen) atoms. The molecule has 0 aromatic heterocycles. The number of phenolic OH excluding ortho intramolecular Hbond substituents is 1. The maximum absolute atomic E-state index is 12.9. The molecule has 1 aliphatic heterocycles. The largest absolute Gasteiger partial charge is 0.508 e. The summed E-state index contributed by atoms with van der Waals surface area (Å²) >= 11 is 0. The lowest BCUT2D eigenvalue weighted by Crippen LogP contribution is -2.49. The Morgan fingerprint density at radius 2 is 1.96 bits per heavy atom. The van der Waals surface area contributed by atoms with Gasteiger partial charge in [-0.2, -0.15) is 0 Å². The van der Waals surface area contributed by atoms with Crippen LogP contribution in [0.4, 0.5) is 0 Å². The summed E-state index contributed by atoms with van der Waals surface area (Å²) in [4.78, 5) is 37.0. The summed E-state index contributed by atoms with van der Waals surface area (Å²) in [6.07, 6.45) is -0.353. The van der Waals surface area contributed by atoms with E-state index in [0.29, 0.717) is 11.1 Å². The van der Waals surface area contributed by atoms with E-state index in [2.05, 4.69) is 0 Å². The molecule has 7 nitrogen and oxygen atoms in total. The van der Waals surface area contributed by atoms with Crippen LogP contribution in [0.1, 0.15) is 55.6 Å². The van der Waals surface area contributed by atoms with Crippen molar-refractivity contribution >= 4 is 17.8 Å².